The molecule has 0 radical (unpaired) electrons. The number of fused-ring (bicyclic) bond motifs is 1. The van der Waals surface area contributed by atoms with Gasteiger partial charge in [-0.15, -0.1) is 0 Å². The molecule has 1 aliphatic rings. The molecule has 0 saturated heterocycles. The number of hydrogen-bond donors (Lipinski definition) is 2. The van der Waals surface area contributed by atoms with E-state index >= 15 is 0 Å². The quantitative estimate of drug-likeness (QED) is 0.461. The fraction of sp³-hybridized carbons (Fsp3) is 0.391. The second kappa shape index (κ2) is 8.94. The van der Waals surface area contributed by atoms with Crippen molar-refractivity contribution in [2.75, 3.05) is 5.32 Å². The van der Waals surface area contributed by atoms with Gasteiger partial charge in [-0.25, -0.2) is 9.78 Å². The SMILES string of the molecule is CC(=N)c1cc(OC2CCCc3cc(C#N)c(Cl)nc32)ccc1NC(=O)OC(C)(C)C. The lowest BCUT2D eigenvalue weighted by Crippen LogP contribution is -2.27. The predicted octanol–water partition coefficient (Wildman–Crippen LogP) is 5.80. The number of halogens is 1. The van der Waals surface area contributed by atoms with Crippen molar-refractivity contribution in [2.24, 2.45) is 0 Å². The zero-order valence-electron chi connectivity index (χ0n) is 18.0. The molecule has 31 heavy (non-hydrogen) atoms. The predicted molar refractivity (Wildman–Crippen MR) is 119 cm³/mol. The Kier molecular flexibility index (Phi) is 6.51. The molecule has 1 aromatic heterocycles. The zero-order chi connectivity index (χ0) is 22.8. The van der Waals surface area contributed by atoms with Gasteiger partial charge in [-0.1, -0.05) is 11.6 Å². The maximum Gasteiger partial charge on any atom is 0.412 e. The Morgan fingerprint density at radius 3 is 2.74 bits per heavy atom. The summed E-state index contributed by atoms with van der Waals surface area (Å²) in [5, 5.41) is 20.2. The molecule has 2 aromatic rings. The van der Waals surface area contributed by atoms with Crippen molar-refractivity contribution in [1.82, 2.24) is 4.98 Å². The Bertz CT molecular complexity index is 1070. The first-order valence-corrected chi connectivity index (χ1v) is 10.4. The topological polar surface area (TPSA) is 108 Å². The molecule has 1 atom stereocenters. The molecule has 8 heteroatoms. The van der Waals surface area contributed by atoms with Crippen LogP contribution in [-0.2, 0) is 11.2 Å². The fourth-order valence-corrected chi connectivity index (χ4v) is 3.61. The maximum absolute atomic E-state index is 12.1. The Hall–Kier alpha value is -3.11. The number of rotatable bonds is 4. The lowest BCUT2D eigenvalue weighted by molar-refractivity contribution is 0.0636. The van der Waals surface area contributed by atoms with Gasteiger partial charge in [0.25, 0.3) is 0 Å². The normalized spacial score (nSPS) is 15.4. The van der Waals surface area contributed by atoms with E-state index < -0.39 is 11.7 Å². The molecule has 0 aliphatic heterocycles. The summed E-state index contributed by atoms with van der Waals surface area (Å²) in [6, 6.07) is 8.98. The van der Waals surface area contributed by atoms with Crippen molar-refractivity contribution in [2.45, 2.75) is 58.7 Å². The summed E-state index contributed by atoms with van der Waals surface area (Å²) in [4.78, 5) is 16.6. The molecule has 0 saturated carbocycles. The van der Waals surface area contributed by atoms with Crippen LogP contribution in [0.2, 0.25) is 5.15 Å². The van der Waals surface area contributed by atoms with Crippen LogP contribution in [0.25, 0.3) is 0 Å². The van der Waals surface area contributed by atoms with Crippen LogP contribution >= 0.6 is 11.6 Å². The molecule has 2 N–H and O–H groups in total. The first-order valence-electron chi connectivity index (χ1n) is 10.0. The van der Waals surface area contributed by atoms with E-state index in [9.17, 15) is 10.1 Å². The minimum Gasteiger partial charge on any atom is -0.484 e. The molecule has 0 bridgehead atoms. The highest BCUT2D eigenvalue weighted by atomic mass is 35.5. The first-order chi connectivity index (χ1) is 14.6. The van der Waals surface area contributed by atoms with Gasteiger partial charge in [0.2, 0.25) is 0 Å². The number of aromatic nitrogens is 1. The summed E-state index contributed by atoms with van der Waals surface area (Å²) >= 11 is 6.14. The summed E-state index contributed by atoms with van der Waals surface area (Å²) in [5.41, 5.74) is 2.72. The van der Waals surface area contributed by atoms with E-state index in [0.29, 0.717) is 22.6 Å². The second-order valence-corrected chi connectivity index (χ2v) is 8.80. The Labute approximate surface area is 186 Å². The van der Waals surface area contributed by atoms with E-state index in [1.165, 1.54) is 0 Å². The highest BCUT2D eigenvalue weighted by Crippen LogP contribution is 2.35. The minimum absolute atomic E-state index is 0.171. The third-order valence-corrected chi connectivity index (χ3v) is 5.02. The van der Waals surface area contributed by atoms with Crippen LogP contribution in [-0.4, -0.2) is 22.4 Å². The van der Waals surface area contributed by atoms with Crippen LogP contribution < -0.4 is 10.1 Å². The molecule has 1 unspecified atom stereocenters. The molecular weight excluding hydrogens is 416 g/mol. The van der Waals surface area contributed by atoms with E-state index in [0.717, 1.165) is 30.5 Å². The highest BCUT2D eigenvalue weighted by molar-refractivity contribution is 6.30. The molecule has 1 heterocycles. The van der Waals surface area contributed by atoms with Gasteiger partial charge in [0, 0.05) is 11.3 Å². The molecule has 0 fully saturated rings. The minimum atomic E-state index is -0.624. The van der Waals surface area contributed by atoms with E-state index in [1.54, 1.807) is 52.0 Å². The standard InChI is InChI=1S/C23H25ClN4O3/c1-13(26)17-11-16(8-9-18(17)27-22(29)31-23(2,3)4)30-19-7-5-6-14-10-15(12-25)21(24)28-20(14)19/h8-11,19,26H,5-7H2,1-4H3,(H,27,29). The Balaban J connectivity index is 1.85. The Morgan fingerprint density at radius 2 is 2.10 bits per heavy atom. The number of hydrogen-bond acceptors (Lipinski definition) is 6. The fourth-order valence-electron chi connectivity index (χ4n) is 3.43. The van der Waals surface area contributed by atoms with Crippen molar-refractivity contribution in [3.05, 3.63) is 51.8 Å². The number of aryl methyl sites for hydroxylation is 1. The number of carbonyl (C=O) groups excluding carboxylic acids is 1. The number of amides is 1. The molecule has 3 rings (SSSR count). The average Bonchev–Trinajstić information content (AvgIpc) is 2.67. The van der Waals surface area contributed by atoms with E-state index in [-0.39, 0.29) is 17.0 Å². The molecule has 1 aromatic carbocycles. The Morgan fingerprint density at radius 1 is 1.35 bits per heavy atom. The van der Waals surface area contributed by atoms with Crippen molar-refractivity contribution < 1.29 is 14.3 Å². The number of nitrogens with zero attached hydrogens (tertiary/aromatic N) is 2. The average molecular weight is 441 g/mol. The molecule has 0 spiro atoms. The van der Waals surface area contributed by atoms with Gasteiger partial charge in [0.05, 0.1) is 16.9 Å². The van der Waals surface area contributed by atoms with Gasteiger partial charge in [-0.2, -0.15) is 5.26 Å². The third kappa shape index (κ3) is 5.53. The van der Waals surface area contributed by atoms with Crippen molar-refractivity contribution in [1.29, 1.82) is 10.7 Å². The number of pyridine rings is 1. The van der Waals surface area contributed by atoms with E-state index in [4.69, 9.17) is 26.5 Å². The van der Waals surface area contributed by atoms with Gasteiger partial charge in [0.1, 0.15) is 28.7 Å². The molecule has 7 nitrogen and oxygen atoms in total. The van der Waals surface area contributed by atoms with Crippen LogP contribution in [0.4, 0.5) is 10.5 Å². The highest BCUT2D eigenvalue weighted by Gasteiger charge is 2.26. The summed E-state index contributed by atoms with van der Waals surface area (Å²) in [5.74, 6) is 0.552. The first kappa shape index (κ1) is 22.6. The van der Waals surface area contributed by atoms with Crippen LogP contribution in [0.5, 0.6) is 5.75 Å². The number of nitriles is 1. The maximum atomic E-state index is 12.1. The molecule has 162 valence electrons. The van der Waals surface area contributed by atoms with Crippen molar-refractivity contribution >= 4 is 29.1 Å². The lowest BCUT2D eigenvalue weighted by Gasteiger charge is -2.26. The van der Waals surface area contributed by atoms with Gasteiger partial charge in [-0.05, 0) is 76.8 Å². The van der Waals surface area contributed by atoms with Gasteiger partial charge in [0.15, 0.2) is 0 Å². The largest absolute Gasteiger partial charge is 0.484 e. The van der Waals surface area contributed by atoms with Crippen LogP contribution in [0.3, 0.4) is 0 Å². The van der Waals surface area contributed by atoms with E-state index in [1.807, 2.05) is 0 Å². The molecule has 1 aliphatic carbocycles. The van der Waals surface area contributed by atoms with Gasteiger partial charge >= 0.3 is 6.09 Å². The van der Waals surface area contributed by atoms with Crippen LogP contribution in [0.15, 0.2) is 24.3 Å². The summed E-state index contributed by atoms with van der Waals surface area (Å²) in [7, 11) is 0. The van der Waals surface area contributed by atoms with Gasteiger partial charge < -0.3 is 14.9 Å². The van der Waals surface area contributed by atoms with Crippen LogP contribution in [0.1, 0.15) is 69.0 Å². The summed E-state index contributed by atoms with van der Waals surface area (Å²) in [6.45, 7) is 7.00. The number of carbonyl (C=O) groups is 1. The number of benzene rings is 1. The van der Waals surface area contributed by atoms with Gasteiger partial charge in [-0.3, -0.25) is 5.32 Å². The number of ether oxygens (including phenoxy) is 2. The lowest BCUT2D eigenvalue weighted by atomic mass is 9.92. The summed E-state index contributed by atoms with van der Waals surface area (Å²) < 4.78 is 11.5. The second-order valence-electron chi connectivity index (χ2n) is 8.44. The molecular formula is C23H25ClN4O3. The number of anilines is 1. The van der Waals surface area contributed by atoms with E-state index in [2.05, 4.69) is 16.4 Å². The number of nitrogens with one attached hydrogen (secondary N) is 2. The third-order valence-electron chi connectivity index (χ3n) is 4.74. The summed E-state index contributed by atoms with van der Waals surface area (Å²) in [6.07, 6.45) is 1.59. The zero-order valence-corrected chi connectivity index (χ0v) is 18.8. The smallest absolute Gasteiger partial charge is 0.412 e. The van der Waals surface area contributed by atoms with Crippen LogP contribution in [0, 0.1) is 16.7 Å². The van der Waals surface area contributed by atoms with Crippen molar-refractivity contribution in [3.63, 3.8) is 0 Å². The van der Waals surface area contributed by atoms with Crippen molar-refractivity contribution in [3.8, 4) is 11.8 Å². The molecule has 1 amide bonds. The monoisotopic (exact) mass is 440 g/mol.